The number of hydrogen-bond donors (Lipinski definition) is 1. The van der Waals surface area contributed by atoms with Crippen LogP contribution in [0.15, 0.2) is 48.5 Å². The number of methoxy groups -OCH3 is 2. The molecule has 6 nitrogen and oxygen atoms in total. The number of aliphatic hydroxyl groups excluding tert-OH is 1. The number of nitrogens with zero attached hydrogens (tertiary/aromatic N) is 2. The van der Waals surface area contributed by atoms with Gasteiger partial charge in [0.15, 0.2) is 11.5 Å². The van der Waals surface area contributed by atoms with Gasteiger partial charge in [-0.3, -0.25) is 0 Å². The summed E-state index contributed by atoms with van der Waals surface area (Å²) in [5.74, 6) is 1.99. The number of allylic oxidation sites excluding steroid dienone is 2. The highest BCUT2D eigenvalue weighted by Gasteiger charge is 2.14. The smallest absolute Gasteiger partial charge is 0.162 e. The van der Waals surface area contributed by atoms with Gasteiger partial charge in [0.1, 0.15) is 18.5 Å². The lowest BCUT2D eigenvalue weighted by atomic mass is 10.1. The van der Waals surface area contributed by atoms with Gasteiger partial charge < -0.3 is 24.2 Å². The highest BCUT2D eigenvalue weighted by atomic mass is 16.5. The summed E-state index contributed by atoms with van der Waals surface area (Å²) >= 11 is 0. The van der Waals surface area contributed by atoms with Crippen LogP contribution >= 0.6 is 0 Å². The molecule has 0 radical (unpaired) electrons. The average molecular weight is 396 g/mol. The van der Waals surface area contributed by atoms with E-state index in [1.165, 1.54) is 6.08 Å². The summed E-state index contributed by atoms with van der Waals surface area (Å²) in [6.07, 6.45) is 0.843. The molecule has 2 aromatic carbocycles. The van der Waals surface area contributed by atoms with Gasteiger partial charge in [-0.2, -0.15) is 5.26 Å². The highest BCUT2D eigenvalue weighted by molar-refractivity contribution is 5.66. The fourth-order valence-electron chi connectivity index (χ4n) is 2.93. The van der Waals surface area contributed by atoms with Crippen LogP contribution in [0.5, 0.6) is 17.2 Å². The standard InChI is InChI=1S/C23H28N2O4/c1-5-25(19-8-11-22(27-3)23(14-19)28-4)15-20(26)16-29-21-9-6-18(7-10-21)17(2)12-13-24/h6-12,14,20,26H,5,15-16H2,1-4H3/b17-12-. The first-order chi connectivity index (χ1) is 14.0. The predicted molar refractivity (Wildman–Crippen MR) is 115 cm³/mol. The molecule has 0 saturated carbocycles. The lowest BCUT2D eigenvalue weighted by molar-refractivity contribution is 0.112. The molecule has 2 rings (SSSR count). The summed E-state index contributed by atoms with van der Waals surface area (Å²) in [7, 11) is 3.20. The second-order valence-corrected chi connectivity index (χ2v) is 6.52. The van der Waals surface area contributed by atoms with Crippen molar-refractivity contribution in [3.8, 4) is 23.3 Å². The van der Waals surface area contributed by atoms with E-state index in [0.29, 0.717) is 23.8 Å². The van der Waals surface area contributed by atoms with E-state index in [0.717, 1.165) is 23.4 Å². The molecule has 6 heteroatoms. The van der Waals surface area contributed by atoms with Gasteiger partial charge in [0.25, 0.3) is 0 Å². The molecule has 1 unspecified atom stereocenters. The van der Waals surface area contributed by atoms with Gasteiger partial charge in [-0.15, -0.1) is 0 Å². The molecule has 0 bridgehead atoms. The summed E-state index contributed by atoms with van der Waals surface area (Å²) in [4.78, 5) is 2.05. The number of likely N-dealkylation sites (N-methyl/N-ethyl adjacent to an activating group) is 1. The lowest BCUT2D eigenvalue weighted by Gasteiger charge is -2.26. The summed E-state index contributed by atoms with van der Waals surface area (Å²) in [5, 5.41) is 19.2. The van der Waals surface area contributed by atoms with Crippen molar-refractivity contribution in [1.29, 1.82) is 5.26 Å². The fraction of sp³-hybridized carbons (Fsp3) is 0.348. The maximum absolute atomic E-state index is 10.4. The van der Waals surface area contributed by atoms with Crippen LogP contribution in [0.2, 0.25) is 0 Å². The summed E-state index contributed by atoms with van der Waals surface area (Å²) < 4.78 is 16.4. The minimum Gasteiger partial charge on any atom is -0.493 e. The molecule has 154 valence electrons. The van der Waals surface area contributed by atoms with E-state index in [1.54, 1.807) is 14.2 Å². The Labute approximate surface area is 172 Å². The molecule has 1 N–H and O–H groups in total. The zero-order chi connectivity index (χ0) is 21.2. The van der Waals surface area contributed by atoms with E-state index in [1.807, 2.05) is 62.4 Å². The van der Waals surface area contributed by atoms with E-state index < -0.39 is 6.10 Å². The largest absolute Gasteiger partial charge is 0.493 e. The Kier molecular flexibility index (Phi) is 8.38. The molecule has 1 atom stereocenters. The van der Waals surface area contributed by atoms with E-state index in [2.05, 4.69) is 4.90 Å². The quantitative estimate of drug-likeness (QED) is 0.614. The van der Waals surface area contributed by atoms with Crippen LogP contribution in [0.4, 0.5) is 5.69 Å². The Bertz CT molecular complexity index is 856. The minimum atomic E-state index is -0.664. The molecule has 0 aliphatic carbocycles. The van der Waals surface area contributed by atoms with Crippen molar-refractivity contribution >= 4 is 11.3 Å². The van der Waals surface area contributed by atoms with Crippen LogP contribution in [0.1, 0.15) is 19.4 Å². The van der Waals surface area contributed by atoms with Gasteiger partial charge in [0, 0.05) is 30.9 Å². The monoisotopic (exact) mass is 396 g/mol. The zero-order valence-corrected chi connectivity index (χ0v) is 17.4. The molecule has 0 aromatic heterocycles. The maximum atomic E-state index is 10.4. The van der Waals surface area contributed by atoms with Gasteiger partial charge in [-0.25, -0.2) is 0 Å². The number of hydrogen-bond acceptors (Lipinski definition) is 6. The molecule has 0 aliphatic rings. The van der Waals surface area contributed by atoms with Gasteiger partial charge >= 0.3 is 0 Å². The summed E-state index contributed by atoms with van der Waals surface area (Å²) in [5.41, 5.74) is 2.80. The Morgan fingerprint density at radius 3 is 2.41 bits per heavy atom. The van der Waals surface area contributed by atoms with Crippen LogP contribution in [-0.4, -0.2) is 45.1 Å². The average Bonchev–Trinajstić information content (AvgIpc) is 2.76. The minimum absolute atomic E-state index is 0.177. The van der Waals surface area contributed by atoms with E-state index in [4.69, 9.17) is 19.5 Å². The van der Waals surface area contributed by atoms with Gasteiger partial charge in [-0.1, -0.05) is 12.1 Å². The molecule has 0 saturated heterocycles. The van der Waals surface area contributed by atoms with Gasteiger partial charge in [0.2, 0.25) is 0 Å². The third-order valence-electron chi connectivity index (χ3n) is 4.58. The Morgan fingerprint density at radius 2 is 1.83 bits per heavy atom. The first-order valence-corrected chi connectivity index (χ1v) is 9.47. The Balaban J connectivity index is 1.96. The molecular formula is C23H28N2O4. The lowest BCUT2D eigenvalue weighted by Crippen LogP contribution is -2.35. The molecular weight excluding hydrogens is 368 g/mol. The zero-order valence-electron chi connectivity index (χ0n) is 17.4. The van der Waals surface area contributed by atoms with Crippen molar-refractivity contribution in [1.82, 2.24) is 0 Å². The van der Waals surface area contributed by atoms with Gasteiger partial charge in [-0.05, 0) is 49.2 Å². The number of nitriles is 1. The first kappa shape index (κ1) is 22.1. The Hall–Kier alpha value is -3.17. The van der Waals surface area contributed by atoms with Crippen LogP contribution in [-0.2, 0) is 0 Å². The van der Waals surface area contributed by atoms with Crippen molar-refractivity contribution in [3.63, 3.8) is 0 Å². The molecule has 29 heavy (non-hydrogen) atoms. The Morgan fingerprint density at radius 1 is 1.14 bits per heavy atom. The van der Waals surface area contributed by atoms with Crippen molar-refractivity contribution < 1.29 is 19.3 Å². The third-order valence-corrected chi connectivity index (χ3v) is 4.58. The summed E-state index contributed by atoms with van der Waals surface area (Å²) in [6, 6.07) is 15.2. The van der Waals surface area contributed by atoms with Crippen molar-refractivity contribution in [2.75, 3.05) is 38.8 Å². The fourth-order valence-corrected chi connectivity index (χ4v) is 2.93. The molecule has 0 fully saturated rings. The van der Waals surface area contributed by atoms with E-state index >= 15 is 0 Å². The summed E-state index contributed by atoms with van der Waals surface area (Å²) in [6.45, 7) is 5.24. The number of anilines is 1. The van der Waals surface area contributed by atoms with Crippen LogP contribution in [0.3, 0.4) is 0 Å². The second-order valence-electron chi connectivity index (χ2n) is 6.52. The van der Waals surface area contributed by atoms with E-state index in [-0.39, 0.29) is 6.61 Å². The predicted octanol–water partition coefficient (Wildman–Crippen LogP) is 3.90. The second kappa shape index (κ2) is 11.0. The molecule has 2 aromatic rings. The topological polar surface area (TPSA) is 75.0 Å². The maximum Gasteiger partial charge on any atom is 0.162 e. The normalized spacial score (nSPS) is 12.1. The SMILES string of the molecule is CCN(CC(O)COc1ccc(/C(C)=C\C#N)cc1)c1ccc(OC)c(OC)c1. The van der Waals surface area contributed by atoms with Gasteiger partial charge in [0.05, 0.1) is 20.3 Å². The van der Waals surface area contributed by atoms with Crippen LogP contribution in [0.25, 0.3) is 5.57 Å². The van der Waals surface area contributed by atoms with Crippen LogP contribution < -0.4 is 19.1 Å². The third kappa shape index (κ3) is 6.16. The highest BCUT2D eigenvalue weighted by Crippen LogP contribution is 2.31. The molecule has 0 aliphatic heterocycles. The number of ether oxygens (including phenoxy) is 3. The van der Waals surface area contributed by atoms with E-state index in [9.17, 15) is 5.11 Å². The van der Waals surface area contributed by atoms with Crippen molar-refractivity contribution in [2.24, 2.45) is 0 Å². The number of rotatable bonds is 10. The number of benzene rings is 2. The van der Waals surface area contributed by atoms with Crippen LogP contribution in [0, 0.1) is 11.3 Å². The van der Waals surface area contributed by atoms with Crippen molar-refractivity contribution in [3.05, 3.63) is 54.1 Å². The molecule has 0 amide bonds. The van der Waals surface area contributed by atoms with Crippen molar-refractivity contribution in [2.45, 2.75) is 20.0 Å². The molecule has 0 spiro atoms. The first-order valence-electron chi connectivity index (χ1n) is 9.47. The number of aliphatic hydroxyl groups is 1. The molecule has 0 heterocycles.